The van der Waals surface area contributed by atoms with Crippen LogP contribution in [-0.2, 0) is 0 Å². The zero-order chi connectivity index (χ0) is 13.6. The fourth-order valence-electron chi connectivity index (χ4n) is 2.19. The van der Waals surface area contributed by atoms with Gasteiger partial charge in [-0.3, -0.25) is 0 Å². The van der Waals surface area contributed by atoms with Crippen molar-refractivity contribution in [3.05, 3.63) is 114 Å². The molecule has 1 heteroatoms. The minimum Gasteiger partial charge on any atom is -0.123 e. The van der Waals surface area contributed by atoms with Crippen molar-refractivity contribution in [2.75, 3.05) is 0 Å². The summed E-state index contributed by atoms with van der Waals surface area (Å²) in [6, 6.07) is 31.1. The van der Waals surface area contributed by atoms with Gasteiger partial charge in [-0.15, -0.1) is 29.3 Å². The molecule has 0 saturated heterocycles. The summed E-state index contributed by atoms with van der Waals surface area (Å²) in [5, 5.41) is 0. The molecule has 0 aliphatic carbocycles. The molecule has 0 aliphatic heterocycles. The Balaban J connectivity index is 0.00000161. The molecule has 0 aliphatic rings. The molecule has 0 radical (unpaired) electrons. The van der Waals surface area contributed by atoms with E-state index in [0.717, 1.165) is 11.1 Å². The van der Waals surface area contributed by atoms with Crippen LogP contribution < -0.4 is 18.9 Å². The molecule has 0 N–H and O–H groups in total. The van der Waals surface area contributed by atoms with Gasteiger partial charge < -0.3 is 0 Å². The van der Waals surface area contributed by atoms with Crippen LogP contribution in [0.3, 0.4) is 0 Å². The first-order valence-corrected chi connectivity index (χ1v) is 6.73. The van der Waals surface area contributed by atoms with Gasteiger partial charge in [0.2, 0.25) is 0 Å². The second-order valence-corrected chi connectivity index (χ2v) is 4.60. The van der Waals surface area contributed by atoms with Gasteiger partial charge in [0, 0.05) is 0 Å². The van der Waals surface area contributed by atoms with E-state index in [2.05, 4.69) is 66.7 Å². The van der Waals surface area contributed by atoms with Gasteiger partial charge in [-0.1, -0.05) is 90.0 Å². The van der Waals surface area contributed by atoms with Gasteiger partial charge in [-0.25, -0.2) is 0 Å². The van der Waals surface area contributed by atoms with E-state index in [-0.39, 0.29) is 18.9 Å². The van der Waals surface area contributed by atoms with Crippen molar-refractivity contribution in [1.82, 2.24) is 0 Å². The second-order valence-electron chi connectivity index (χ2n) is 4.60. The van der Waals surface area contributed by atoms with E-state index in [1.54, 1.807) is 0 Å². The smallest absolute Gasteiger partial charge is 0.123 e. The van der Waals surface area contributed by atoms with Crippen LogP contribution in [0, 0.1) is 6.08 Å². The molecule has 0 amide bonds. The van der Waals surface area contributed by atoms with Crippen molar-refractivity contribution in [3.63, 3.8) is 0 Å². The molecule has 21 heavy (non-hydrogen) atoms. The average molecular weight is 262 g/mol. The van der Waals surface area contributed by atoms with Gasteiger partial charge in [0.25, 0.3) is 0 Å². The summed E-state index contributed by atoms with van der Waals surface area (Å²) in [6.07, 6.45) is 3.53. The number of hydrogen-bond donors (Lipinski definition) is 0. The van der Waals surface area contributed by atoms with Gasteiger partial charge in [0.1, 0.15) is 0 Å². The minimum absolute atomic E-state index is 0. The van der Waals surface area contributed by atoms with E-state index in [1.165, 1.54) is 11.1 Å². The topological polar surface area (TPSA) is 0 Å². The Morgan fingerprint density at radius 2 is 0.905 bits per heavy atom. The maximum atomic E-state index is 3.53. The fourth-order valence-corrected chi connectivity index (χ4v) is 2.19. The van der Waals surface area contributed by atoms with Gasteiger partial charge >= 0.3 is 18.9 Å². The van der Waals surface area contributed by atoms with Crippen LogP contribution in [0.25, 0.3) is 5.57 Å². The van der Waals surface area contributed by atoms with E-state index in [0.29, 0.717) is 0 Å². The number of benzene rings is 3. The summed E-state index contributed by atoms with van der Waals surface area (Å²) in [5.74, 6) is 0. The molecule has 0 atom stereocenters. The molecule has 0 spiro atoms. The van der Waals surface area contributed by atoms with Crippen molar-refractivity contribution < 1.29 is 18.9 Å². The third-order valence-corrected chi connectivity index (χ3v) is 3.17. The van der Waals surface area contributed by atoms with Crippen LogP contribution >= 0.6 is 0 Å². The Bertz CT molecular complexity index is 644. The summed E-state index contributed by atoms with van der Waals surface area (Å²) in [6.45, 7) is 0. The summed E-state index contributed by atoms with van der Waals surface area (Å²) in [4.78, 5) is 0. The van der Waals surface area contributed by atoms with Gasteiger partial charge in [0.15, 0.2) is 0 Å². The summed E-state index contributed by atoms with van der Waals surface area (Å²) < 4.78 is 0. The quantitative estimate of drug-likeness (QED) is 0.384. The van der Waals surface area contributed by atoms with Crippen LogP contribution in [0.1, 0.15) is 16.7 Å². The standard InChI is InChI=1S/C20H15.Li/c1-4-10-17(11-5-1)16-20(18-12-6-2-7-13-18)19-14-8-3-9-15-19;/h1-15H;/q-1;+1. The molecule has 3 aromatic carbocycles. The first-order valence-electron chi connectivity index (χ1n) is 6.73. The monoisotopic (exact) mass is 262 g/mol. The Morgan fingerprint density at radius 1 is 0.524 bits per heavy atom. The third-order valence-electron chi connectivity index (χ3n) is 3.17. The molecule has 3 aromatic rings. The van der Waals surface area contributed by atoms with Crippen molar-refractivity contribution in [2.45, 2.75) is 0 Å². The molecule has 0 unspecified atom stereocenters. The van der Waals surface area contributed by atoms with Gasteiger partial charge in [-0.05, 0) is 0 Å². The SMILES string of the molecule is [C-](=C(c1ccccc1)c1ccccc1)c1ccccc1.[Li+]. The molecule has 0 aromatic heterocycles. The first kappa shape index (κ1) is 15.4. The molecular weight excluding hydrogens is 247 g/mol. The Morgan fingerprint density at radius 3 is 1.33 bits per heavy atom. The number of rotatable bonds is 3. The largest absolute Gasteiger partial charge is 1.00 e. The van der Waals surface area contributed by atoms with Gasteiger partial charge in [0.05, 0.1) is 0 Å². The van der Waals surface area contributed by atoms with Crippen molar-refractivity contribution in [1.29, 1.82) is 0 Å². The molecular formula is C20H15Li. The normalized spacial score (nSPS) is 9.52. The zero-order valence-electron chi connectivity index (χ0n) is 12.2. The van der Waals surface area contributed by atoms with Crippen molar-refractivity contribution >= 4 is 5.57 Å². The predicted octanol–water partition coefficient (Wildman–Crippen LogP) is 1.97. The summed E-state index contributed by atoms with van der Waals surface area (Å²) >= 11 is 0. The molecule has 0 heterocycles. The second kappa shape index (κ2) is 7.69. The molecule has 0 nitrogen and oxygen atoms in total. The maximum absolute atomic E-state index is 3.53. The molecule has 96 valence electrons. The van der Waals surface area contributed by atoms with Crippen molar-refractivity contribution in [3.8, 4) is 0 Å². The van der Waals surface area contributed by atoms with E-state index >= 15 is 0 Å². The first-order chi connectivity index (χ1) is 9.93. The fraction of sp³-hybridized carbons (Fsp3) is 0. The summed E-state index contributed by atoms with van der Waals surface area (Å²) in [5.41, 5.74) is 4.58. The van der Waals surface area contributed by atoms with Crippen LogP contribution in [-0.4, -0.2) is 0 Å². The number of hydrogen-bond acceptors (Lipinski definition) is 0. The predicted molar refractivity (Wildman–Crippen MR) is 84.2 cm³/mol. The van der Waals surface area contributed by atoms with E-state index in [9.17, 15) is 0 Å². The Labute approximate surface area is 138 Å². The van der Waals surface area contributed by atoms with Crippen LogP contribution in [0.4, 0.5) is 0 Å². The average Bonchev–Trinajstić information content (AvgIpc) is 2.55. The third kappa shape index (κ3) is 3.98. The van der Waals surface area contributed by atoms with Crippen LogP contribution in [0.15, 0.2) is 91.0 Å². The molecule has 0 bridgehead atoms. The minimum atomic E-state index is 0. The summed E-state index contributed by atoms with van der Waals surface area (Å²) in [7, 11) is 0. The Hall–Kier alpha value is -2.00. The van der Waals surface area contributed by atoms with Gasteiger partial charge in [-0.2, -0.15) is 0 Å². The van der Waals surface area contributed by atoms with E-state index in [1.807, 2.05) is 30.3 Å². The Kier molecular flexibility index (Phi) is 5.64. The molecule has 0 saturated carbocycles. The zero-order valence-corrected chi connectivity index (χ0v) is 12.2. The van der Waals surface area contributed by atoms with E-state index < -0.39 is 0 Å². The van der Waals surface area contributed by atoms with Crippen molar-refractivity contribution in [2.24, 2.45) is 0 Å². The maximum Gasteiger partial charge on any atom is 1.00 e. The van der Waals surface area contributed by atoms with Crippen LogP contribution in [0.2, 0.25) is 0 Å². The molecule has 3 rings (SSSR count). The molecule has 0 fully saturated rings. The van der Waals surface area contributed by atoms with Crippen LogP contribution in [0.5, 0.6) is 0 Å². The van der Waals surface area contributed by atoms with E-state index in [4.69, 9.17) is 0 Å².